The Morgan fingerprint density at radius 2 is 1.77 bits per heavy atom. The van der Waals surface area contributed by atoms with Gasteiger partial charge in [-0.2, -0.15) is 0 Å². The highest BCUT2D eigenvalue weighted by molar-refractivity contribution is 6.34. The molecule has 5 nitrogen and oxygen atoms in total. The lowest BCUT2D eigenvalue weighted by atomic mass is 9.90. The van der Waals surface area contributed by atoms with Crippen molar-refractivity contribution in [3.8, 4) is 28.3 Å². The number of ether oxygens (including phenoxy) is 1. The van der Waals surface area contributed by atoms with E-state index in [0.29, 0.717) is 40.4 Å². The first-order valence-corrected chi connectivity index (χ1v) is 14.1. The number of imidazole rings is 1. The minimum absolute atomic E-state index is 0.248. The highest BCUT2D eigenvalue weighted by Gasteiger charge is 2.33. The molecule has 1 unspecified atom stereocenters. The van der Waals surface area contributed by atoms with Crippen molar-refractivity contribution in [3.63, 3.8) is 0 Å². The van der Waals surface area contributed by atoms with Crippen molar-refractivity contribution in [2.75, 3.05) is 0 Å². The number of alkyl halides is 3. The van der Waals surface area contributed by atoms with Crippen molar-refractivity contribution in [2.24, 2.45) is 0 Å². The average Bonchev–Trinajstić information content (AvgIpc) is 3.40. The fraction of sp³-hybridized carbons (Fsp3) is 0.176. The van der Waals surface area contributed by atoms with Crippen LogP contribution in [-0.4, -0.2) is 22.2 Å². The molecule has 2 N–H and O–H groups in total. The van der Waals surface area contributed by atoms with Crippen LogP contribution < -0.4 is 10.1 Å². The molecule has 0 aliphatic rings. The molecule has 0 aliphatic heterocycles. The van der Waals surface area contributed by atoms with Crippen molar-refractivity contribution in [1.29, 1.82) is 0 Å². The van der Waals surface area contributed by atoms with E-state index in [1.807, 2.05) is 56.3 Å². The lowest BCUT2D eigenvalue weighted by Crippen LogP contribution is -2.29. The second kappa shape index (κ2) is 12.4. The number of H-pyrrole nitrogens is 1. The van der Waals surface area contributed by atoms with Crippen molar-refractivity contribution >= 4 is 34.1 Å². The minimum Gasteiger partial charge on any atom is -0.405 e. The largest absolute Gasteiger partial charge is 0.573 e. The molecule has 1 atom stereocenters. The molecule has 0 fully saturated rings. The van der Waals surface area contributed by atoms with Crippen LogP contribution in [0.1, 0.15) is 54.2 Å². The summed E-state index contributed by atoms with van der Waals surface area (Å²) in [6.07, 6.45) is -3.82. The maximum Gasteiger partial charge on any atom is 0.573 e. The van der Waals surface area contributed by atoms with Gasteiger partial charge in [-0.15, -0.1) is 13.2 Å². The Bertz CT molecular complexity index is 1780. The van der Waals surface area contributed by atoms with Crippen molar-refractivity contribution in [2.45, 2.75) is 39.1 Å². The zero-order valence-electron chi connectivity index (χ0n) is 23.6. The number of rotatable bonds is 9. The van der Waals surface area contributed by atoms with E-state index >= 15 is 0 Å². The fourth-order valence-electron chi connectivity index (χ4n) is 5.15. The number of fused-ring (bicyclic) bond motifs is 1. The van der Waals surface area contributed by atoms with Crippen LogP contribution in [-0.2, 0) is 0 Å². The summed E-state index contributed by atoms with van der Waals surface area (Å²) >= 11 is 6.78. The molecule has 4 aromatic carbocycles. The van der Waals surface area contributed by atoms with Crippen LogP contribution in [0.3, 0.4) is 0 Å². The first kappa shape index (κ1) is 29.9. The predicted octanol–water partition coefficient (Wildman–Crippen LogP) is 9.75. The molecule has 0 spiro atoms. The molecule has 1 heterocycles. The van der Waals surface area contributed by atoms with Gasteiger partial charge in [-0.1, -0.05) is 85.6 Å². The molecule has 0 radical (unpaired) electrons. The van der Waals surface area contributed by atoms with E-state index in [9.17, 15) is 18.0 Å². The number of allylic oxidation sites excluding steroid dienone is 1. The average molecular weight is 604 g/mol. The summed E-state index contributed by atoms with van der Waals surface area (Å²) in [7, 11) is 0. The third kappa shape index (κ3) is 6.60. The minimum atomic E-state index is -4.86. The molecular weight excluding hydrogens is 575 g/mol. The Kier molecular flexibility index (Phi) is 8.59. The number of aromatic nitrogens is 2. The summed E-state index contributed by atoms with van der Waals surface area (Å²) < 4.78 is 43.5. The highest BCUT2D eigenvalue weighted by atomic mass is 35.5. The standard InChI is InChI=1S/C34H29ClF3N3O2/c1-4-10-27(23-11-5-8-16-30(23)43-34(36,37)38)41-33(42)21-17-18-22(25(19-21)20(2)3)31-24(12-9-13-26(31)35)32-39-28-14-6-7-15-29(28)40-32/h5-9,11-19,27H,2,4,10H2,1,3H3,(H,39,40)(H,41,42). The number of amides is 1. The van der Waals surface area contributed by atoms with Crippen LogP contribution in [0.5, 0.6) is 5.75 Å². The summed E-state index contributed by atoms with van der Waals surface area (Å²) in [5.41, 5.74) is 5.97. The number of para-hydroxylation sites is 3. The van der Waals surface area contributed by atoms with Gasteiger partial charge in [0.05, 0.1) is 17.1 Å². The van der Waals surface area contributed by atoms with Gasteiger partial charge < -0.3 is 15.0 Å². The zero-order valence-corrected chi connectivity index (χ0v) is 24.3. The van der Waals surface area contributed by atoms with Crippen LogP contribution >= 0.6 is 11.6 Å². The van der Waals surface area contributed by atoms with Crippen LogP contribution in [0.2, 0.25) is 5.02 Å². The first-order valence-electron chi connectivity index (χ1n) is 13.7. The molecule has 5 aromatic rings. The molecule has 43 heavy (non-hydrogen) atoms. The van der Waals surface area contributed by atoms with Crippen molar-refractivity contribution in [1.82, 2.24) is 15.3 Å². The van der Waals surface area contributed by atoms with Gasteiger partial charge in [0.15, 0.2) is 0 Å². The summed E-state index contributed by atoms with van der Waals surface area (Å²) in [4.78, 5) is 21.6. The smallest absolute Gasteiger partial charge is 0.405 e. The first-order chi connectivity index (χ1) is 20.6. The number of aromatic amines is 1. The molecule has 1 aromatic heterocycles. The molecule has 1 amide bonds. The lowest BCUT2D eigenvalue weighted by molar-refractivity contribution is -0.275. The van der Waals surface area contributed by atoms with E-state index < -0.39 is 18.3 Å². The van der Waals surface area contributed by atoms with Gasteiger partial charge in [0.2, 0.25) is 0 Å². The van der Waals surface area contributed by atoms with E-state index in [1.54, 1.807) is 24.3 Å². The second-order valence-corrected chi connectivity index (χ2v) is 10.6. The topological polar surface area (TPSA) is 67.0 Å². The Balaban J connectivity index is 1.52. The van der Waals surface area contributed by atoms with Crippen LogP contribution in [0.4, 0.5) is 13.2 Å². The maximum atomic E-state index is 13.5. The van der Waals surface area contributed by atoms with Gasteiger partial charge in [-0.25, -0.2) is 4.98 Å². The van der Waals surface area contributed by atoms with Gasteiger partial charge >= 0.3 is 6.36 Å². The molecule has 0 aliphatic carbocycles. The van der Waals surface area contributed by atoms with E-state index in [4.69, 9.17) is 16.6 Å². The Morgan fingerprint density at radius 3 is 2.49 bits per heavy atom. The van der Waals surface area contributed by atoms with Crippen LogP contribution in [0.15, 0.2) is 91.5 Å². The number of carbonyl (C=O) groups excluding carboxylic acids is 1. The number of hydrogen-bond donors (Lipinski definition) is 2. The molecule has 5 rings (SSSR count). The van der Waals surface area contributed by atoms with Gasteiger partial charge in [0.25, 0.3) is 5.91 Å². The maximum absolute atomic E-state index is 13.5. The highest BCUT2D eigenvalue weighted by Crippen LogP contribution is 2.41. The summed E-state index contributed by atoms with van der Waals surface area (Å²) in [5, 5.41) is 3.41. The fourth-order valence-corrected chi connectivity index (χ4v) is 5.43. The summed E-state index contributed by atoms with van der Waals surface area (Å²) in [6, 6.07) is 23.6. The third-order valence-electron chi connectivity index (χ3n) is 7.07. The van der Waals surface area contributed by atoms with Gasteiger partial charge in [0.1, 0.15) is 11.6 Å². The molecule has 0 saturated heterocycles. The number of hydrogen-bond acceptors (Lipinski definition) is 3. The number of halogens is 4. The summed E-state index contributed by atoms with van der Waals surface area (Å²) in [5.74, 6) is -0.134. The number of nitrogens with zero attached hydrogens (tertiary/aromatic N) is 1. The van der Waals surface area contributed by atoms with Crippen molar-refractivity contribution < 1.29 is 22.7 Å². The predicted molar refractivity (Wildman–Crippen MR) is 165 cm³/mol. The second-order valence-electron chi connectivity index (χ2n) is 10.2. The molecule has 0 saturated carbocycles. The molecule has 0 bridgehead atoms. The molecular formula is C34H29ClF3N3O2. The van der Waals surface area contributed by atoms with Gasteiger partial charge in [-0.3, -0.25) is 4.79 Å². The third-order valence-corrected chi connectivity index (χ3v) is 7.39. The number of carbonyl (C=O) groups is 1. The summed E-state index contributed by atoms with van der Waals surface area (Å²) in [6.45, 7) is 7.87. The van der Waals surface area contributed by atoms with E-state index in [-0.39, 0.29) is 11.3 Å². The monoisotopic (exact) mass is 603 g/mol. The van der Waals surface area contributed by atoms with E-state index in [0.717, 1.165) is 27.7 Å². The molecule has 9 heteroatoms. The number of nitrogens with one attached hydrogen (secondary N) is 2. The lowest BCUT2D eigenvalue weighted by Gasteiger charge is -2.22. The van der Waals surface area contributed by atoms with Crippen LogP contribution in [0.25, 0.3) is 39.1 Å². The quantitative estimate of drug-likeness (QED) is 0.176. The van der Waals surface area contributed by atoms with Crippen molar-refractivity contribution in [3.05, 3.63) is 113 Å². The molecule has 220 valence electrons. The van der Waals surface area contributed by atoms with E-state index in [2.05, 4.69) is 21.6 Å². The SMILES string of the molecule is C=C(C)c1cc(C(=O)NC(CCC)c2ccccc2OC(F)(F)F)ccc1-c1c(Cl)cccc1-c1nc2ccccc2[nH]1. The van der Waals surface area contributed by atoms with Gasteiger partial charge in [0, 0.05) is 27.3 Å². The normalized spacial score (nSPS) is 12.2. The van der Waals surface area contributed by atoms with E-state index in [1.165, 1.54) is 18.2 Å². The number of benzene rings is 4. The zero-order chi connectivity index (χ0) is 30.7. The van der Waals surface area contributed by atoms with Gasteiger partial charge in [-0.05, 0) is 60.9 Å². The Morgan fingerprint density at radius 1 is 1.02 bits per heavy atom. The van der Waals surface area contributed by atoms with Crippen LogP contribution in [0, 0.1) is 0 Å². The Hall–Kier alpha value is -4.56. The Labute approximate surface area is 252 Å².